The molecule has 3 rings (SSSR count). The number of fused-ring (bicyclic) bond motifs is 1. The molecule has 0 amide bonds. The Balaban J connectivity index is 1.84. The molecule has 1 aliphatic rings. The summed E-state index contributed by atoms with van der Waals surface area (Å²) < 4.78 is 5.18. The predicted octanol–water partition coefficient (Wildman–Crippen LogP) is 3.73. The average Bonchev–Trinajstić information content (AvgIpc) is 3.41. The van der Waals surface area contributed by atoms with Crippen LogP contribution in [0.3, 0.4) is 0 Å². The van der Waals surface area contributed by atoms with Crippen LogP contribution in [0, 0.1) is 16.7 Å². The number of carbonyl (C=O) groups excluding carboxylic acids is 1. The fourth-order valence-corrected chi connectivity index (χ4v) is 3.31. The Labute approximate surface area is 142 Å². The fourth-order valence-electron chi connectivity index (χ4n) is 3.31. The highest BCUT2D eigenvalue weighted by atomic mass is 16.5. The summed E-state index contributed by atoms with van der Waals surface area (Å²) in [4.78, 5) is 12.2. The van der Waals surface area contributed by atoms with Crippen LogP contribution in [0.5, 0.6) is 0 Å². The van der Waals surface area contributed by atoms with Gasteiger partial charge in [-0.1, -0.05) is 42.5 Å². The molecular weight excluding hydrogens is 300 g/mol. The van der Waals surface area contributed by atoms with Crippen molar-refractivity contribution in [2.45, 2.75) is 38.8 Å². The van der Waals surface area contributed by atoms with Crippen molar-refractivity contribution >= 4 is 16.7 Å². The van der Waals surface area contributed by atoms with Gasteiger partial charge in [0.15, 0.2) is 0 Å². The maximum atomic E-state index is 12.2. The number of hydrogen-bond donors (Lipinski definition) is 1. The van der Waals surface area contributed by atoms with Crippen molar-refractivity contribution < 1.29 is 9.53 Å². The minimum absolute atomic E-state index is 0.0346. The van der Waals surface area contributed by atoms with E-state index >= 15 is 0 Å². The van der Waals surface area contributed by atoms with E-state index in [0.717, 1.165) is 10.9 Å². The standard InChI is InChI=1S/C20H22N2O2/c1-3-24-19(23)20(11-12-20)18(13-21)22-14(2)16-10-6-8-15-7-4-5-9-17(15)16/h4-10,14,18,22H,3,11-12H2,1-2H3/t14-,18?/m0/s1. The maximum absolute atomic E-state index is 12.2. The number of nitrogens with zero attached hydrogens (tertiary/aromatic N) is 1. The van der Waals surface area contributed by atoms with Crippen molar-refractivity contribution in [3.8, 4) is 6.07 Å². The van der Waals surface area contributed by atoms with E-state index in [1.54, 1.807) is 6.92 Å². The van der Waals surface area contributed by atoms with Gasteiger partial charge < -0.3 is 4.74 Å². The zero-order valence-corrected chi connectivity index (χ0v) is 14.1. The molecule has 4 nitrogen and oxygen atoms in total. The highest BCUT2D eigenvalue weighted by Crippen LogP contribution is 2.50. The van der Waals surface area contributed by atoms with E-state index in [2.05, 4.69) is 35.7 Å². The first-order valence-corrected chi connectivity index (χ1v) is 8.43. The molecule has 0 heterocycles. The van der Waals surface area contributed by atoms with Gasteiger partial charge in [-0.2, -0.15) is 5.26 Å². The summed E-state index contributed by atoms with van der Waals surface area (Å²) >= 11 is 0. The number of ether oxygens (including phenoxy) is 1. The van der Waals surface area contributed by atoms with Crippen molar-refractivity contribution in [3.63, 3.8) is 0 Å². The maximum Gasteiger partial charge on any atom is 0.314 e. The average molecular weight is 322 g/mol. The number of rotatable bonds is 6. The van der Waals surface area contributed by atoms with Gasteiger partial charge in [-0.25, -0.2) is 0 Å². The minimum Gasteiger partial charge on any atom is -0.465 e. The van der Waals surface area contributed by atoms with Gasteiger partial charge in [0.1, 0.15) is 6.04 Å². The van der Waals surface area contributed by atoms with Gasteiger partial charge in [-0.05, 0) is 43.0 Å². The topological polar surface area (TPSA) is 62.1 Å². The lowest BCUT2D eigenvalue weighted by Crippen LogP contribution is -2.42. The molecule has 0 spiro atoms. The number of carbonyl (C=O) groups is 1. The van der Waals surface area contributed by atoms with E-state index in [1.165, 1.54) is 5.39 Å². The first-order valence-electron chi connectivity index (χ1n) is 8.43. The molecule has 1 N–H and O–H groups in total. The highest BCUT2D eigenvalue weighted by Gasteiger charge is 2.57. The van der Waals surface area contributed by atoms with Gasteiger partial charge in [0.25, 0.3) is 0 Å². The molecule has 0 radical (unpaired) electrons. The van der Waals surface area contributed by atoms with Gasteiger partial charge in [0, 0.05) is 6.04 Å². The molecule has 0 saturated heterocycles. The van der Waals surface area contributed by atoms with Crippen LogP contribution in [0.15, 0.2) is 42.5 Å². The molecule has 1 unspecified atom stereocenters. The Morgan fingerprint density at radius 3 is 2.67 bits per heavy atom. The molecule has 2 atom stereocenters. The summed E-state index contributed by atoms with van der Waals surface area (Å²) in [5.41, 5.74) is 0.455. The lowest BCUT2D eigenvalue weighted by atomic mass is 9.94. The molecule has 1 saturated carbocycles. The molecule has 0 bridgehead atoms. The smallest absolute Gasteiger partial charge is 0.314 e. The number of benzene rings is 2. The molecular formula is C20H22N2O2. The van der Waals surface area contributed by atoms with Gasteiger partial charge in [-0.15, -0.1) is 0 Å². The molecule has 2 aromatic carbocycles. The summed E-state index contributed by atoms with van der Waals surface area (Å²) in [5, 5.41) is 15.3. The predicted molar refractivity (Wildman–Crippen MR) is 93.2 cm³/mol. The first kappa shape index (κ1) is 16.5. The van der Waals surface area contributed by atoms with E-state index < -0.39 is 11.5 Å². The summed E-state index contributed by atoms with van der Waals surface area (Å²) in [6, 6.07) is 16.1. The Kier molecular flexibility index (Phi) is 4.55. The normalized spacial score (nSPS) is 17.7. The Morgan fingerprint density at radius 2 is 2.00 bits per heavy atom. The summed E-state index contributed by atoms with van der Waals surface area (Å²) in [5.74, 6) is -0.255. The van der Waals surface area contributed by atoms with Crippen LogP contribution >= 0.6 is 0 Å². The Bertz CT molecular complexity index is 784. The zero-order chi connectivity index (χ0) is 17.2. The van der Waals surface area contributed by atoms with Crippen molar-refractivity contribution in [3.05, 3.63) is 48.0 Å². The van der Waals surface area contributed by atoms with Gasteiger partial charge in [0.05, 0.1) is 18.1 Å². The number of esters is 1. The molecule has 1 fully saturated rings. The second-order valence-corrected chi connectivity index (χ2v) is 6.40. The third kappa shape index (κ3) is 2.88. The third-order valence-electron chi connectivity index (χ3n) is 4.86. The van der Waals surface area contributed by atoms with E-state index in [0.29, 0.717) is 19.4 Å². The molecule has 2 aromatic rings. The lowest BCUT2D eigenvalue weighted by molar-refractivity contribution is -0.150. The van der Waals surface area contributed by atoms with Crippen LogP contribution in [0.25, 0.3) is 10.8 Å². The van der Waals surface area contributed by atoms with E-state index in [-0.39, 0.29) is 12.0 Å². The molecule has 0 aromatic heterocycles. The minimum atomic E-state index is -0.677. The van der Waals surface area contributed by atoms with Crippen molar-refractivity contribution in [2.24, 2.45) is 5.41 Å². The number of hydrogen-bond acceptors (Lipinski definition) is 4. The van der Waals surface area contributed by atoms with Crippen LogP contribution in [0.2, 0.25) is 0 Å². The van der Waals surface area contributed by atoms with E-state index in [1.807, 2.05) is 25.1 Å². The molecule has 1 aliphatic carbocycles. The highest BCUT2D eigenvalue weighted by molar-refractivity contribution is 5.86. The molecule has 24 heavy (non-hydrogen) atoms. The summed E-state index contributed by atoms with van der Waals surface area (Å²) in [6.45, 7) is 4.17. The van der Waals surface area contributed by atoms with Gasteiger partial charge in [0.2, 0.25) is 0 Å². The monoisotopic (exact) mass is 322 g/mol. The van der Waals surface area contributed by atoms with Gasteiger partial charge in [-0.3, -0.25) is 10.1 Å². The van der Waals surface area contributed by atoms with Crippen molar-refractivity contribution in [1.82, 2.24) is 5.32 Å². The Hall–Kier alpha value is -2.38. The second kappa shape index (κ2) is 6.62. The van der Waals surface area contributed by atoms with Crippen LogP contribution in [-0.2, 0) is 9.53 Å². The van der Waals surface area contributed by atoms with Gasteiger partial charge >= 0.3 is 5.97 Å². The first-order chi connectivity index (χ1) is 11.6. The number of nitriles is 1. The summed E-state index contributed by atoms with van der Waals surface area (Å²) in [7, 11) is 0. The zero-order valence-electron chi connectivity index (χ0n) is 14.1. The van der Waals surface area contributed by atoms with E-state index in [4.69, 9.17) is 4.74 Å². The third-order valence-corrected chi connectivity index (χ3v) is 4.86. The molecule has 0 aliphatic heterocycles. The van der Waals surface area contributed by atoms with Crippen LogP contribution in [-0.4, -0.2) is 18.6 Å². The SMILES string of the molecule is CCOC(=O)C1(C(C#N)N[C@@H](C)c2cccc3ccccc23)CC1. The fraction of sp³-hybridized carbons (Fsp3) is 0.400. The van der Waals surface area contributed by atoms with Crippen molar-refractivity contribution in [2.75, 3.05) is 6.61 Å². The van der Waals surface area contributed by atoms with Crippen LogP contribution < -0.4 is 5.32 Å². The molecule has 4 heteroatoms. The lowest BCUT2D eigenvalue weighted by Gasteiger charge is -2.25. The second-order valence-electron chi connectivity index (χ2n) is 6.40. The van der Waals surface area contributed by atoms with Crippen molar-refractivity contribution in [1.29, 1.82) is 5.26 Å². The largest absolute Gasteiger partial charge is 0.465 e. The van der Waals surface area contributed by atoms with Crippen LogP contribution in [0.4, 0.5) is 0 Å². The number of nitrogens with one attached hydrogen (secondary N) is 1. The van der Waals surface area contributed by atoms with E-state index in [9.17, 15) is 10.1 Å². The summed E-state index contributed by atoms with van der Waals surface area (Å²) in [6.07, 6.45) is 1.42. The Morgan fingerprint density at radius 1 is 1.29 bits per heavy atom. The quantitative estimate of drug-likeness (QED) is 0.823. The van der Waals surface area contributed by atoms with Crippen LogP contribution in [0.1, 0.15) is 38.3 Å². The molecule has 124 valence electrons.